The Morgan fingerprint density at radius 3 is 2.73 bits per heavy atom. The highest BCUT2D eigenvalue weighted by atomic mass is 16.1. The molecule has 0 radical (unpaired) electrons. The zero-order valence-electron chi connectivity index (χ0n) is 7.09. The lowest BCUT2D eigenvalue weighted by atomic mass is 10.2. The Bertz CT molecular complexity index is 314. The second kappa shape index (κ2) is 2.86. The van der Waals surface area contributed by atoms with E-state index in [2.05, 4.69) is 4.98 Å². The first-order valence-corrected chi connectivity index (χ1v) is 3.68. The summed E-state index contributed by atoms with van der Waals surface area (Å²) < 4.78 is 1.51. The molecule has 0 fully saturated rings. The second-order valence-electron chi connectivity index (χ2n) is 2.58. The molecule has 1 aromatic rings. The molecule has 0 aliphatic carbocycles. The van der Waals surface area contributed by atoms with Gasteiger partial charge in [0, 0.05) is 18.3 Å². The molecule has 1 aromatic heterocycles. The molecule has 11 heavy (non-hydrogen) atoms. The van der Waals surface area contributed by atoms with Gasteiger partial charge in [-0.1, -0.05) is 6.92 Å². The highest BCUT2D eigenvalue weighted by molar-refractivity contribution is 5.14. The first-order valence-electron chi connectivity index (χ1n) is 3.68. The molecule has 0 saturated carbocycles. The van der Waals surface area contributed by atoms with Crippen LogP contribution in [0.5, 0.6) is 0 Å². The zero-order valence-corrected chi connectivity index (χ0v) is 7.09. The van der Waals surface area contributed by atoms with E-state index in [0.717, 1.165) is 17.7 Å². The fourth-order valence-corrected chi connectivity index (χ4v) is 1.08. The lowest BCUT2D eigenvalue weighted by Crippen LogP contribution is -2.22. The molecule has 3 nitrogen and oxygen atoms in total. The summed E-state index contributed by atoms with van der Waals surface area (Å²) in [5.41, 5.74) is 1.73. The van der Waals surface area contributed by atoms with Crippen LogP contribution < -0.4 is 5.56 Å². The Hall–Kier alpha value is -1.12. The van der Waals surface area contributed by atoms with Gasteiger partial charge in [0.15, 0.2) is 0 Å². The molecule has 0 aromatic carbocycles. The minimum atomic E-state index is 0.0694. The van der Waals surface area contributed by atoms with E-state index in [9.17, 15) is 4.79 Å². The van der Waals surface area contributed by atoms with Gasteiger partial charge in [-0.3, -0.25) is 4.79 Å². The van der Waals surface area contributed by atoms with Gasteiger partial charge in [-0.15, -0.1) is 0 Å². The molecule has 0 N–H and O–H groups in total. The van der Waals surface area contributed by atoms with Crippen LogP contribution >= 0.6 is 0 Å². The number of rotatable bonds is 1. The van der Waals surface area contributed by atoms with Crippen molar-refractivity contribution in [3.05, 3.63) is 27.9 Å². The minimum absolute atomic E-state index is 0.0694. The van der Waals surface area contributed by atoms with Gasteiger partial charge < -0.3 is 4.57 Å². The van der Waals surface area contributed by atoms with Crippen LogP contribution in [0.2, 0.25) is 0 Å². The topological polar surface area (TPSA) is 34.9 Å². The van der Waals surface area contributed by atoms with Gasteiger partial charge in [-0.25, -0.2) is 4.98 Å². The van der Waals surface area contributed by atoms with Crippen LogP contribution in [-0.4, -0.2) is 9.55 Å². The number of aryl methyl sites for hydroxylation is 2. The van der Waals surface area contributed by atoms with E-state index in [4.69, 9.17) is 0 Å². The maximum Gasteiger partial charge on any atom is 0.256 e. The quantitative estimate of drug-likeness (QED) is 0.592. The zero-order chi connectivity index (χ0) is 8.43. The monoisotopic (exact) mass is 152 g/mol. The van der Waals surface area contributed by atoms with Crippen LogP contribution in [0.4, 0.5) is 0 Å². The fourth-order valence-electron chi connectivity index (χ4n) is 1.08. The molecule has 1 heterocycles. The molecular weight excluding hydrogens is 140 g/mol. The van der Waals surface area contributed by atoms with Crippen molar-refractivity contribution >= 4 is 0 Å². The maximum absolute atomic E-state index is 11.3. The normalized spacial score (nSPS) is 10.1. The molecule has 3 heteroatoms. The Morgan fingerprint density at radius 1 is 1.64 bits per heavy atom. The van der Waals surface area contributed by atoms with E-state index in [0.29, 0.717) is 0 Å². The number of hydrogen-bond acceptors (Lipinski definition) is 2. The third kappa shape index (κ3) is 1.31. The fraction of sp³-hybridized carbons (Fsp3) is 0.500. The standard InChI is InChI=1S/C8H12N2O/c1-4-7-6(2)9-5-10(3)8(7)11/h5H,4H2,1-3H3. The summed E-state index contributed by atoms with van der Waals surface area (Å²) in [6, 6.07) is 0. The summed E-state index contributed by atoms with van der Waals surface area (Å²) in [5.74, 6) is 0. The molecule has 0 bridgehead atoms. The maximum atomic E-state index is 11.3. The second-order valence-corrected chi connectivity index (χ2v) is 2.58. The van der Waals surface area contributed by atoms with Crippen LogP contribution in [0.1, 0.15) is 18.2 Å². The van der Waals surface area contributed by atoms with Gasteiger partial charge in [0.25, 0.3) is 5.56 Å². The lowest BCUT2D eigenvalue weighted by molar-refractivity contribution is 0.785. The van der Waals surface area contributed by atoms with Gasteiger partial charge in [0.05, 0.1) is 6.33 Å². The van der Waals surface area contributed by atoms with Crippen LogP contribution in [0.15, 0.2) is 11.1 Å². The number of nitrogens with zero attached hydrogens (tertiary/aromatic N) is 2. The van der Waals surface area contributed by atoms with Crippen LogP contribution in [-0.2, 0) is 13.5 Å². The van der Waals surface area contributed by atoms with Gasteiger partial charge in [0.1, 0.15) is 0 Å². The van der Waals surface area contributed by atoms with Crippen molar-refractivity contribution < 1.29 is 0 Å². The van der Waals surface area contributed by atoms with Crippen molar-refractivity contribution in [1.82, 2.24) is 9.55 Å². The SMILES string of the molecule is CCc1c(C)ncn(C)c1=O. The molecule has 0 atom stereocenters. The lowest BCUT2D eigenvalue weighted by Gasteiger charge is -2.02. The van der Waals surface area contributed by atoms with Crippen LogP contribution in [0, 0.1) is 6.92 Å². The third-order valence-corrected chi connectivity index (χ3v) is 1.79. The highest BCUT2D eigenvalue weighted by Gasteiger charge is 2.02. The van der Waals surface area contributed by atoms with Crippen molar-refractivity contribution in [1.29, 1.82) is 0 Å². The Kier molecular flexibility index (Phi) is 2.08. The first-order chi connectivity index (χ1) is 5.16. The summed E-state index contributed by atoms with van der Waals surface area (Å²) >= 11 is 0. The largest absolute Gasteiger partial charge is 0.302 e. The van der Waals surface area contributed by atoms with Crippen LogP contribution in [0.3, 0.4) is 0 Å². The number of aromatic nitrogens is 2. The molecule has 0 spiro atoms. The van der Waals surface area contributed by atoms with E-state index >= 15 is 0 Å². The molecule has 60 valence electrons. The summed E-state index contributed by atoms with van der Waals surface area (Å²) in [6.45, 7) is 3.83. The van der Waals surface area contributed by atoms with Gasteiger partial charge in [-0.2, -0.15) is 0 Å². The van der Waals surface area contributed by atoms with E-state index in [1.165, 1.54) is 4.57 Å². The van der Waals surface area contributed by atoms with Crippen LogP contribution in [0.25, 0.3) is 0 Å². The average Bonchev–Trinajstić information content (AvgIpc) is 1.99. The van der Waals surface area contributed by atoms with E-state index < -0.39 is 0 Å². The van der Waals surface area contributed by atoms with E-state index in [1.54, 1.807) is 13.4 Å². The predicted octanol–water partition coefficient (Wildman–Crippen LogP) is 0.651. The molecule has 0 unspecified atom stereocenters. The minimum Gasteiger partial charge on any atom is -0.302 e. The summed E-state index contributed by atoms with van der Waals surface area (Å²) in [4.78, 5) is 15.4. The predicted molar refractivity (Wildman–Crippen MR) is 43.6 cm³/mol. The van der Waals surface area contributed by atoms with Crippen molar-refractivity contribution in [3.8, 4) is 0 Å². The van der Waals surface area contributed by atoms with Crippen molar-refractivity contribution in [2.45, 2.75) is 20.3 Å². The highest BCUT2D eigenvalue weighted by Crippen LogP contribution is 1.96. The summed E-state index contributed by atoms with van der Waals surface area (Å²) in [6.07, 6.45) is 2.31. The first kappa shape index (κ1) is 7.98. The molecular formula is C8H12N2O. The Balaban J connectivity index is 3.41. The number of hydrogen-bond donors (Lipinski definition) is 0. The van der Waals surface area contributed by atoms with Gasteiger partial charge >= 0.3 is 0 Å². The van der Waals surface area contributed by atoms with Crippen molar-refractivity contribution in [2.75, 3.05) is 0 Å². The average molecular weight is 152 g/mol. The van der Waals surface area contributed by atoms with Gasteiger partial charge in [0.2, 0.25) is 0 Å². The molecule has 0 aliphatic heterocycles. The molecule has 0 aliphatic rings. The third-order valence-electron chi connectivity index (χ3n) is 1.79. The molecule has 0 amide bonds. The van der Waals surface area contributed by atoms with Crippen molar-refractivity contribution in [2.24, 2.45) is 7.05 Å². The van der Waals surface area contributed by atoms with Gasteiger partial charge in [-0.05, 0) is 13.3 Å². The van der Waals surface area contributed by atoms with E-state index in [-0.39, 0.29) is 5.56 Å². The van der Waals surface area contributed by atoms with E-state index in [1.807, 2.05) is 13.8 Å². The summed E-state index contributed by atoms with van der Waals surface area (Å²) in [7, 11) is 1.72. The van der Waals surface area contributed by atoms with Crippen molar-refractivity contribution in [3.63, 3.8) is 0 Å². The Labute approximate surface area is 65.7 Å². The molecule has 0 saturated heterocycles. The Morgan fingerprint density at radius 2 is 2.27 bits per heavy atom. The summed E-state index contributed by atoms with van der Waals surface area (Å²) in [5, 5.41) is 0. The molecule has 1 rings (SSSR count). The smallest absolute Gasteiger partial charge is 0.256 e.